The summed E-state index contributed by atoms with van der Waals surface area (Å²) >= 11 is 0. The maximum Gasteiger partial charge on any atom is 0.121 e. The minimum Gasteiger partial charge on any atom is -0.399 e. The number of aliphatic hydroxyl groups excluding tert-OH is 1. The van der Waals surface area contributed by atoms with Gasteiger partial charge in [-0.05, 0) is 37.0 Å². The monoisotopic (exact) mass is 272 g/mol. The molecule has 0 spiro atoms. The fourth-order valence-corrected chi connectivity index (χ4v) is 3.82. The van der Waals surface area contributed by atoms with Crippen molar-refractivity contribution in [3.8, 4) is 0 Å². The molecule has 2 heterocycles. The molecule has 0 radical (unpaired) electrons. The zero-order chi connectivity index (χ0) is 13.7. The van der Waals surface area contributed by atoms with E-state index in [0.717, 1.165) is 48.6 Å². The molecule has 1 aromatic carbocycles. The van der Waals surface area contributed by atoms with Gasteiger partial charge < -0.3 is 15.8 Å². The molecule has 4 N–H and O–H groups in total. The summed E-state index contributed by atoms with van der Waals surface area (Å²) < 4.78 is 0. The number of nitrogens with two attached hydrogens (primary N) is 1. The number of imidazole rings is 1. The summed E-state index contributed by atoms with van der Waals surface area (Å²) in [5, 5.41) is 9.96. The van der Waals surface area contributed by atoms with Crippen molar-refractivity contribution >= 4 is 16.7 Å². The summed E-state index contributed by atoms with van der Waals surface area (Å²) in [7, 11) is 0. The van der Waals surface area contributed by atoms with Crippen molar-refractivity contribution in [1.29, 1.82) is 0 Å². The minimum atomic E-state index is -0.0968. The van der Waals surface area contributed by atoms with Crippen LogP contribution in [0.3, 0.4) is 0 Å². The van der Waals surface area contributed by atoms with Gasteiger partial charge in [0.1, 0.15) is 5.82 Å². The molecule has 20 heavy (non-hydrogen) atoms. The Morgan fingerprint density at radius 2 is 2.25 bits per heavy atom. The number of hydrogen-bond donors (Lipinski definition) is 3. The largest absolute Gasteiger partial charge is 0.399 e. The van der Waals surface area contributed by atoms with E-state index in [9.17, 15) is 5.11 Å². The maximum absolute atomic E-state index is 9.96. The average Bonchev–Trinajstić information content (AvgIpc) is 3.06. The third-order valence-corrected chi connectivity index (χ3v) is 4.82. The van der Waals surface area contributed by atoms with Gasteiger partial charge in [0.05, 0.1) is 23.7 Å². The predicted molar refractivity (Wildman–Crippen MR) is 78.0 cm³/mol. The molecule has 1 saturated carbocycles. The number of rotatable bonds is 2. The standard InChI is InChI=1S/C15H20N4O/c16-10-2-3-12-13(5-10)18-15(17-12)8-19-6-9-1-4-14(20)11(9)7-19/h2-3,5,9,11,14,20H,1,4,6-8,16H2,(H,17,18). The van der Waals surface area contributed by atoms with Gasteiger partial charge in [-0.25, -0.2) is 4.98 Å². The van der Waals surface area contributed by atoms with Crippen molar-refractivity contribution in [2.24, 2.45) is 11.8 Å². The Kier molecular flexibility index (Phi) is 2.72. The molecule has 0 bridgehead atoms. The lowest BCUT2D eigenvalue weighted by atomic mass is 10.00. The SMILES string of the molecule is Nc1ccc2nc(CN3CC4CCC(O)C4C3)[nH]c2c1. The molecule has 2 aromatic rings. The van der Waals surface area contributed by atoms with E-state index in [4.69, 9.17) is 5.73 Å². The fraction of sp³-hybridized carbons (Fsp3) is 0.533. The van der Waals surface area contributed by atoms with Gasteiger partial charge in [-0.15, -0.1) is 0 Å². The third-order valence-electron chi connectivity index (χ3n) is 4.82. The van der Waals surface area contributed by atoms with Crippen molar-refractivity contribution in [3.63, 3.8) is 0 Å². The van der Waals surface area contributed by atoms with E-state index in [1.807, 2.05) is 18.2 Å². The second-order valence-corrected chi connectivity index (χ2v) is 6.22. The summed E-state index contributed by atoms with van der Waals surface area (Å²) in [4.78, 5) is 10.4. The highest BCUT2D eigenvalue weighted by atomic mass is 16.3. The zero-order valence-electron chi connectivity index (χ0n) is 11.4. The van der Waals surface area contributed by atoms with Crippen LogP contribution in [-0.2, 0) is 6.54 Å². The predicted octanol–water partition coefficient (Wildman–Crippen LogP) is 1.35. The van der Waals surface area contributed by atoms with Crippen LogP contribution in [0.4, 0.5) is 5.69 Å². The lowest BCUT2D eigenvalue weighted by molar-refractivity contribution is 0.123. The van der Waals surface area contributed by atoms with Crippen LogP contribution in [0.1, 0.15) is 18.7 Å². The van der Waals surface area contributed by atoms with Crippen LogP contribution in [0.25, 0.3) is 11.0 Å². The van der Waals surface area contributed by atoms with Crippen LogP contribution < -0.4 is 5.73 Å². The lowest BCUT2D eigenvalue weighted by Gasteiger charge is -2.16. The number of likely N-dealkylation sites (tertiary alicyclic amines) is 1. The molecule has 2 aliphatic rings. The minimum absolute atomic E-state index is 0.0968. The Balaban J connectivity index is 1.51. The first kappa shape index (κ1) is 12.2. The number of hydrogen-bond acceptors (Lipinski definition) is 4. The first-order valence-corrected chi connectivity index (χ1v) is 7.33. The number of anilines is 1. The van der Waals surface area contributed by atoms with Gasteiger partial charge in [-0.3, -0.25) is 4.90 Å². The molecule has 4 rings (SSSR count). The third kappa shape index (κ3) is 1.98. The smallest absolute Gasteiger partial charge is 0.121 e. The lowest BCUT2D eigenvalue weighted by Crippen LogP contribution is -2.24. The normalized spacial score (nSPS) is 30.1. The molecule has 3 unspecified atom stereocenters. The van der Waals surface area contributed by atoms with Gasteiger partial charge >= 0.3 is 0 Å². The van der Waals surface area contributed by atoms with E-state index in [-0.39, 0.29) is 6.10 Å². The number of aromatic amines is 1. The molecule has 3 atom stereocenters. The van der Waals surface area contributed by atoms with Gasteiger partial charge in [0, 0.05) is 24.7 Å². The number of fused-ring (bicyclic) bond motifs is 2. The van der Waals surface area contributed by atoms with E-state index in [1.165, 1.54) is 6.42 Å². The molecular weight excluding hydrogens is 252 g/mol. The number of benzene rings is 1. The fourth-order valence-electron chi connectivity index (χ4n) is 3.82. The van der Waals surface area contributed by atoms with Crippen molar-refractivity contribution < 1.29 is 5.11 Å². The van der Waals surface area contributed by atoms with Crippen LogP contribution in [0.15, 0.2) is 18.2 Å². The summed E-state index contributed by atoms with van der Waals surface area (Å²) in [5.41, 5.74) is 8.51. The Morgan fingerprint density at radius 3 is 3.10 bits per heavy atom. The van der Waals surface area contributed by atoms with Gasteiger partial charge in [0.25, 0.3) is 0 Å². The first-order chi connectivity index (χ1) is 9.69. The zero-order valence-corrected chi connectivity index (χ0v) is 11.4. The molecule has 0 amide bonds. The van der Waals surface area contributed by atoms with Gasteiger partial charge in [-0.2, -0.15) is 0 Å². The van der Waals surface area contributed by atoms with Gasteiger partial charge in [0.2, 0.25) is 0 Å². The second-order valence-electron chi connectivity index (χ2n) is 6.22. The number of nitrogens with one attached hydrogen (secondary N) is 1. The topological polar surface area (TPSA) is 78.2 Å². The number of nitrogen functional groups attached to an aromatic ring is 1. The van der Waals surface area contributed by atoms with Crippen LogP contribution in [0.5, 0.6) is 0 Å². The number of aromatic nitrogens is 2. The Morgan fingerprint density at radius 1 is 1.35 bits per heavy atom. The average molecular weight is 272 g/mol. The summed E-state index contributed by atoms with van der Waals surface area (Å²) in [5.74, 6) is 2.13. The molecule has 106 valence electrons. The maximum atomic E-state index is 9.96. The van der Waals surface area contributed by atoms with Crippen molar-refractivity contribution in [2.75, 3.05) is 18.8 Å². The van der Waals surface area contributed by atoms with Crippen molar-refractivity contribution in [1.82, 2.24) is 14.9 Å². The quantitative estimate of drug-likeness (QED) is 0.721. The Labute approximate surface area is 117 Å². The van der Waals surface area contributed by atoms with Crippen LogP contribution in [0.2, 0.25) is 0 Å². The number of H-pyrrole nitrogens is 1. The molecule has 2 fully saturated rings. The van der Waals surface area contributed by atoms with Crippen molar-refractivity contribution in [2.45, 2.75) is 25.5 Å². The molecule has 1 aliphatic heterocycles. The summed E-state index contributed by atoms with van der Waals surface area (Å²) in [6.07, 6.45) is 2.05. The molecular formula is C15H20N4O. The van der Waals surface area contributed by atoms with E-state index in [1.54, 1.807) is 0 Å². The van der Waals surface area contributed by atoms with E-state index in [2.05, 4.69) is 14.9 Å². The highest BCUT2D eigenvalue weighted by Gasteiger charge is 2.41. The molecule has 5 nitrogen and oxygen atoms in total. The molecule has 1 aliphatic carbocycles. The molecule has 1 saturated heterocycles. The van der Waals surface area contributed by atoms with E-state index < -0.39 is 0 Å². The number of nitrogens with zero attached hydrogens (tertiary/aromatic N) is 2. The van der Waals surface area contributed by atoms with E-state index in [0.29, 0.717) is 11.8 Å². The highest BCUT2D eigenvalue weighted by Crippen LogP contribution is 2.38. The second kappa shape index (κ2) is 4.46. The summed E-state index contributed by atoms with van der Waals surface area (Å²) in [6, 6.07) is 5.75. The highest BCUT2D eigenvalue weighted by molar-refractivity contribution is 5.78. The van der Waals surface area contributed by atoms with E-state index >= 15 is 0 Å². The van der Waals surface area contributed by atoms with Crippen molar-refractivity contribution in [3.05, 3.63) is 24.0 Å². The Hall–Kier alpha value is -1.59. The van der Waals surface area contributed by atoms with Crippen LogP contribution in [-0.4, -0.2) is 39.2 Å². The Bertz CT molecular complexity index is 638. The first-order valence-electron chi connectivity index (χ1n) is 7.33. The number of aliphatic hydroxyl groups is 1. The van der Waals surface area contributed by atoms with Crippen LogP contribution >= 0.6 is 0 Å². The molecule has 1 aromatic heterocycles. The van der Waals surface area contributed by atoms with Gasteiger partial charge in [-0.1, -0.05) is 0 Å². The van der Waals surface area contributed by atoms with Crippen LogP contribution in [0, 0.1) is 11.8 Å². The van der Waals surface area contributed by atoms with Gasteiger partial charge in [0.15, 0.2) is 0 Å². The molecule has 5 heteroatoms. The summed E-state index contributed by atoms with van der Waals surface area (Å²) in [6.45, 7) is 2.90.